The van der Waals surface area contributed by atoms with Gasteiger partial charge in [-0.3, -0.25) is 4.99 Å². The highest BCUT2D eigenvalue weighted by atomic mass is 16.6. The highest BCUT2D eigenvalue weighted by Gasteiger charge is 2.47. The lowest BCUT2D eigenvalue weighted by Crippen LogP contribution is -2.53. The predicted molar refractivity (Wildman–Crippen MR) is 69.9 cm³/mol. The second-order valence-corrected chi connectivity index (χ2v) is 5.80. The second kappa shape index (κ2) is 3.44. The normalized spacial score (nSPS) is 28.8. The van der Waals surface area contributed by atoms with E-state index in [0.717, 1.165) is 24.1 Å². The number of carbonyl (C=O) groups excluding carboxylic acids is 1. The van der Waals surface area contributed by atoms with Gasteiger partial charge in [0.1, 0.15) is 0 Å². The first-order valence-corrected chi connectivity index (χ1v) is 6.34. The van der Waals surface area contributed by atoms with Gasteiger partial charge in [0.15, 0.2) is 11.1 Å². The average molecular weight is 243 g/mol. The number of carbonyl (C=O) groups is 1. The molecule has 0 N–H and O–H groups in total. The van der Waals surface area contributed by atoms with Crippen molar-refractivity contribution in [3.63, 3.8) is 0 Å². The van der Waals surface area contributed by atoms with Crippen molar-refractivity contribution < 1.29 is 9.53 Å². The van der Waals surface area contributed by atoms with Gasteiger partial charge < -0.3 is 4.74 Å². The molecule has 0 bridgehead atoms. The van der Waals surface area contributed by atoms with Crippen LogP contribution in [-0.2, 0) is 16.0 Å². The number of benzene rings is 1. The third kappa shape index (κ3) is 1.50. The van der Waals surface area contributed by atoms with Crippen LogP contribution in [0.5, 0.6) is 0 Å². The molecule has 2 aliphatic rings. The van der Waals surface area contributed by atoms with Gasteiger partial charge in [0.25, 0.3) is 0 Å². The molecule has 1 aliphatic heterocycles. The summed E-state index contributed by atoms with van der Waals surface area (Å²) in [6, 6.07) is 8.25. The number of ether oxygens (including phenoxy) is 1. The van der Waals surface area contributed by atoms with Crippen LogP contribution in [0.25, 0.3) is 0 Å². The van der Waals surface area contributed by atoms with Gasteiger partial charge in [-0.15, -0.1) is 0 Å². The molecule has 1 aromatic rings. The zero-order valence-electron chi connectivity index (χ0n) is 11.0. The van der Waals surface area contributed by atoms with E-state index in [2.05, 4.69) is 17.1 Å². The Balaban J connectivity index is 2.22. The van der Waals surface area contributed by atoms with Crippen LogP contribution in [0.4, 0.5) is 0 Å². The maximum absolute atomic E-state index is 12.0. The molecule has 0 saturated carbocycles. The summed E-state index contributed by atoms with van der Waals surface area (Å²) >= 11 is 0. The van der Waals surface area contributed by atoms with Crippen LogP contribution in [-0.4, -0.2) is 22.8 Å². The zero-order valence-corrected chi connectivity index (χ0v) is 11.0. The molecule has 3 nitrogen and oxygen atoms in total. The van der Waals surface area contributed by atoms with Gasteiger partial charge in [-0.05, 0) is 39.2 Å². The standard InChI is InChI=1S/C15H17NO2/c1-14(2)13(17)18-15(3)9-8-10-6-4-5-7-11(10)12(15)16-14/h4-7H,8-9H2,1-3H3/t15-/m0/s1. The molecule has 3 heteroatoms. The summed E-state index contributed by atoms with van der Waals surface area (Å²) in [7, 11) is 0. The predicted octanol–water partition coefficient (Wildman–Crippen LogP) is 2.52. The maximum atomic E-state index is 12.0. The van der Waals surface area contributed by atoms with Crippen molar-refractivity contribution in [3.8, 4) is 0 Å². The summed E-state index contributed by atoms with van der Waals surface area (Å²) in [6.45, 7) is 5.58. The van der Waals surface area contributed by atoms with Crippen molar-refractivity contribution in [1.82, 2.24) is 0 Å². The molecule has 0 radical (unpaired) electrons. The van der Waals surface area contributed by atoms with Crippen LogP contribution in [0.1, 0.15) is 38.3 Å². The smallest absolute Gasteiger partial charge is 0.334 e. The molecule has 94 valence electrons. The summed E-state index contributed by atoms with van der Waals surface area (Å²) in [6.07, 6.45) is 1.74. The molecular weight excluding hydrogens is 226 g/mol. The summed E-state index contributed by atoms with van der Waals surface area (Å²) in [5.74, 6) is -0.229. The Morgan fingerprint density at radius 2 is 1.94 bits per heavy atom. The Kier molecular flexibility index (Phi) is 2.19. The van der Waals surface area contributed by atoms with Crippen molar-refractivity contribution in [2.45, 2.75) is 44.8 Å². The fourth-order valence-electron chi connectivity index (χ4n) is 2.68. The second-order valence-electron chi connectivity index (χ2n) is 5.80. The zero-order chi connectivity index (χ0) is 13.0. The van der Waals surface area contributed by atoms with Gasteiger partial charge in [0, 0.05) is 5.56 Å². The van der Waals surface area contributed by atoms with Crippen molar-refractivity contribution in [3.05, 3.63) is 35.4 Å². The Labute approximate surface area is 107 Å². The fourth-order valence-corrected chi connectivity index (χ4v) is 2.68. The van der Waals surface area contributed by atoms with Gasteiger partial charge in [0.05, 0.1) is 5.71 Å². The SMILES string of the molecule is CC1(C)N=C2c3ccccc3CC[C@]2(C)OC1=O. The van der Waals surface area contributed by atoms with Gasteiger partial charge in [-0.1, -0.05) is 24.3 Å². The molecule has 0 spiro atoms. The molecule has 0 amide bonds. The van der Waals surface area contributed by atoms with E-state index in [0.29, 0.717) is 0 Å². The van der Waals surface area contributed by atoms with E-state index in [-0.39, 0.29) is 5.97 Å². The lowest BCUT2D eigenvalue weighted by molar-refractivity contribution is -0.160. The van der Waals surface area contributed by atoms with Crippen LogP contribution in [0, 0.1) is 0 Å². The fraction of sp³-hybridized carbons (Fsp3) is 0.467. The van der Waals surface area contributed by atoms with E-state index in [1.54, 1.807) is 13.8 Å². The van der Waals surface area contributed by atoms with Crippen LogP contribution in [0.3, 0.4) is 0 Å². The number of fused-ring (bicyclic) bond motifs is 3. The molecule has 1 heterocycles. The number of rotatable bonds is 0. The first-order chi connectivity index (χ1) is 8.42. The molecule has 1 aliphatic carbocycles. The van der Waals surface area contributed by atoms with Gasteiger partial charge >= 0.3 is 5.97 Å². The third-order valence-electron chi connectivity index (χ3n) is 3.85. The summed E-state index contributed by atoms with van der Waals surface area (Å²) in [5.41, 5.74) is 2.02. The maximum Gasteiger partial charge on any atom is 0.334 e. The molecule has 0 saturated heterocycles. The van der Waals surface area contributed by atoms with Crippen molar-refractivity contribution in [2.75, 3.05) is 0 Å². The minimum Gasteiger partial charge on any atom is -0.451 e. The molecule has 0 unspecified atom stereocenters. The lowest BCUT2D eigenvalue weighted by atomic mass is 9.78. The Morgan fingerprint density at radius 1 is 1.22 bits per heavy atom. The number of esters is 1. The highest BCUT2D eigenvalue weighted by Crippen LogP contribution is 2.37. The minimum absolute atomic E-state index is 0.229. The summed E-state index contributed by atoms with van der Waals surface area (Å²) in [5, 5.41) is 0. The van der Waals surface area contributed by atoms with Crippen LogP contribution >= 0.6 is 0 Å². The summed E-state index contributed by atoms with van der Waals surface area (Å²) < 4.78 is 5.68. The first kappa shape index (κ1) is 11.5. The quantitative estimate of drug-likeness (QED) is 0.657. The van der Waals surface area contributed by atoms with E-state index >= 15 is 0 Å². The van der Waals surface area contributed by atoms with E-state index in [1.807, 2.05) is 19.1 Å². The van der Waals surface area contributed by atoms with E-state index in [1.165, 1.54) is 5.56 Å². The van der Waals surface area contributed by atoms with Gasteiger partial charge in [-0.25, -0.2) is 4.79 Å². The first-order valence-electron chi connectivity index (χ1n) is 6.34. The van der Waals surface area contributed by atoms with Crippen LogP contribution in [0.15, 0.2) is 29.3 Å². The van der Waals surface area contributed by atoms with Crippen LogP contribution < -0.4 is 0 Å². The number of aliphatic imine (C=N–C) groups is 1. The number of aryl methyl sites for hydroxylation is 1. The van der Waals surface area contributed by atoms with Gasteiger partial charge in [0.2, 0.25) is 0 Å². The monoisotopic (exact) mass is 243 g/mol. The van der Waals surface area contributed by atoms with Crippen LogP contribution in [0.2, 0.25) is 0 Å². The van der Waals surface area contributed by atoms with Crippen molar-refractivity contribution in [1.29, 1.82) is 0 Å². The Bertz CT molecular complexity index is 559. The molecule has 3 rings (SSSR count). The lowest BCUT2D eigenvalue weighted by Gasteiger charge is -2.42. The summed E-state index contributed by atoms with van der Waals surface area (Å²) in [4.78, 5) is 16.6. The molecular formula is C15H17NO2. The van der Waals surface area contributed by atoms with E-state index in [9.17, 15) is 4.79 Å². The highest BCUT2D eigenvalue weighted by molar-refractivity contribution is 6.12. The van der Waals surface area contributed by atoms with Crippen molar-refractivity contribution >= 4 is 11.7 Å². The minimum atomic E-state index is -0.778. The molecule has 1 atom stereocenters. The molecule has 1 aromatic carbocycles. The molecule has 0 fully saturated rings. The average Bonchev–Trinajstić information content (AvgIpc) is 2.32. The Hall–Kier alpha value is -1.64. The third-order valence-corrected chi connectivity index (χ3v) is 3.85. The van der Waals surface area contributed by atoms with E-state index in [4.69, 9.17) is 4.74 Å². The number of nitrogens with zero attached hydrogens (tertiary/aromatic N) is 1. The molecule has 0 aromatic heterocycles. The molecule has 18 heavy (non-hydrogen) atoms. The van der Waals surface area contributed by atoms with E-state index < -0.39 is 11.1 Å². The Morgan fingerprint density at radius 3 is 2.72 bits per heavy atom. The largest absolute Gasteiger partial charge is 0.451 e. The van der Waals surface area contributed by atoms with Crippen molar-refractivity contribution in [2.24, 2.45) is 4.99 Å². The topological polar surface area (TPSA) is 38.7 Å². The van der Waals surface area contributed by atoms with Gasteiger partial charge in [-0.2, -0.15) is 0 Å². The number of hydrogen-bond donors (Lipinski definition) is 0. The number of hydrogen-bond acceptors (Lipinski definition) is 3.